The molecule has 0 atom stereocenters. The van der Waals surface area contributed by atoms with Gasteiger partial charge in [0.2, 0.25) is 5.91 Å². The molecule has 2 fully saturated rings. The quantitative estimate of drug-likeness (QED) is 0.469. The third kappa shape index (κ3) is 4.86. The molecule has 190 valence electrons. The van der Waals surface area contributed by atoms with Crippen LogP contribution in [0.2, 0.25) is 5.02 Å². The van der Waals surface area contributed by atoms with E-state index in [0.717, 1.165) is 5.69 Å². The van der Waals surface area contributed by atoms with E-state index >= 15 is 0 Å². The summed E-state index contributed by atoms with van der Waals surface area (Å²) in [4.78, 5) is 55.1. The van der Waals surface area contributed by atoms with Gasteiger partial charge in [0.05, 0.1) is 11.6 Å². The van der Waals surface area contributed by atoms with Crippen LogP contribution in [0.3, 0.4) is 0 Å². The van der Waals surface area contributed by atoms with Crippen molar-refractivity contribution in [1.82, 2.24) is 15.1 Å². The van der Waals surface area contributed by atoms with Crippen LogP contribution in [0, 0.1) is 10.1 Å². The van der Waals surface area contributed by atoms with E-state index in [1.165, 1.54) is 18.2 Å². The molecule has 2 saturated heterocycles. The maximum absolute atomic E-state index is 13.7. The molecule has 10 nitrogen and oxygen atoms in total. The van der Waals surface area contributed by atoms with Crippen LogP contribution >= 0.6 is 11.6 Å². The van der Waals surface area contributed by atoms with E-state index in [0.29, 0.717) is 12.8 Å². The van der Waals surface area contributed by atoms with Crippen molar-refractivity contribution >= 4 is 40.7 Å². The average molecular weight is 514 g/mol. The lowest BCUT2D eigenvalue weighted by Gasteiger charge is -2.43. The number of nitrogens with zero attached hydrogens (tertiary/aromatic N) is 4. The fourth-order valence-corrected chi connectivity index (χ4v) is 5.10. The van der Waals surface area contributed by atoms with Gasteiger partial charge >= 0.3 is 0 Å². The number of halogens is 1. The van der Waals surface area contributed by atoms with Gasteiger partial charge in [-0.2, -0.15) is 0 Å². The van der Waals surface area contributed by atoms with Crippen molar-refractivity contribution in [2.75, 3.05) is 31.2 Å². The minimum atomic E-state index is -0.887. The van der Waals surface area contributed by atoms with Gasteiger partial charge < -0.3 is 20.0 Å². The Labute approximate surface area is 213 Å². The molecule has 2 aliphatic rings. The molecule has 2 aromatic rings. The molecule has 0 unspecified atom stereocenters. The molecule has 11 heteroatoms. The molecular weight excluding hydrogens is 486 g/mol. The predicted octanol–water partition coefficient (Wildman–Crippen LogP) is 3.05. The second kappa shape index (κ2) is 10.1. The highest BCUT2D eigenvalue weighted by Crippen LogP contribution is 2.39. The number of anilines is 1. The third-order valence-corrected chi connectivity index (χ3v) is 6.95. The first-order chi connectivity index (χ1) is 17.1. The van der Waals surface area contributed by atoms with Crippen LogP contribution in [-0.2, 0) is 9.59 Å². The zero-order valence-corrected chi connectivity index (χ0v) is 20.9. The van der Waals surface area contributed by atoms with Gasteiger partial charge in [-0.05, 0) is 51.0 Å². The van der Waals surface area contributed by atoms with Gasteiger partial charge in [0.15, 0.2) is 0 Å². The summed E-state index contributed by atoms with van der Waals surface area (Å²) in [6, 6.07) is 13.5. The minimum absolute atomic E-state index is 0.0349. The zero-order chi connectivity index (χ0) is 26.0. The lowest BCUT2D eigenvalue weighted by Crippen LogP contribution is -2.57. The Morgan fingerprint density at radius 1 is 1.14 bits per heavy atom. The number of nitro groups is 1. The molecule has 4 rings (SSSR count). The van der Waals surface area contributed by atoms with Crippen molar-refractivity contribution < 1.29 is 19.3 Å². The van der Waals surface area contributed by atoms with Crippen molar-refractivity contribution in [3.8, 4) is 0 Å². The summed E-state index contributed by atoms with van der Waals surface area (Å²) in [5, 5.41) is 14.0. The molecule has 1 N–H and O–H groups in total. The normalized spacial score (nSPS) is 17.1. The van der Waals surface area contributed by atoms with E-state index in [1.54, 1.807) is 9.80 Å². The summed E-state index contributed by atoms with van der Waals surface area (Å²) in [6.07, 6.45) is 0.731. The smallest absolute Gasteiger partial charge is 0.288 e. The van der Waals surface area contributed by atoms with Crippen molar-refractivity contribution in [1.29, 1.82) is 0 Å². The SMILES string of the molecule is CC(C)NC(=O)CN1CN(c2ccccc2)C2(CCN(C(=O)c3ccc(Cl)c([N+](=O)[O-])c3)CC2)C1=O. The highest BCUT2D eigenvalue weighted by Gasteiger charge is 2.54. The Morgan fingerprint density at radius 2 is 1.81 bits per heavy atom. The maximum Gasteiger partial charge on any atom is 0.288 e. The summed E-state index contributed by atoms with van der Waals surface area (Å²) in [6.45, 7) is 4.53. The van der Waals surface area contributed by atoms with Crippen LogP contribution in [-0.4, -0.2) is 70.3 Å². The molecule has 0 bridgehead atoms. The van der Waals surface area contributed by atoms with E-state index < -0.39 is 10.5 Å². The maximum atomic E-state index is 13.7. The lowest BCUT2D eigenvalue weighted by molar-refractivity contribution is -0.384. The highest BCUT2D eigenvalue weighted by molar-refractivity contribution is 6.32. The van der Waals surface area contributed by atoms with Gasteiger partial charge in [0.1, 0.15) is 17.1 Å². The number of hydrogen-bond donors (Lipinski definition) is 1. The number of nitro benzene ring substituents is 1. The number of benzene rings is 2. The molecular formula is C25H28ClN5O5. The van der Waals surface area contributed by atoms with Gasteiger partial charge in [0.25, 0.3) is 17.5 Å². The Hall–Kier alpha value is -3.66. The second-order valence-electron chi connectivity index (χ2n) is 9.38. The van der Waals surface area contributed by atoms with E-state index in [2.05, 4.69) is 5.32 Å². The summed E-state index contributed by atoms with van der Waals surface area (Å²) < 4.78 is 0. The Balaban J connectivity index is 1.55. The number of hydrogen-bond acceptors (Lipinski definition) is 6. The van der Waals surface area contributed by atoms with E-state index in [1.807, 2.05) is 49.1 Å². The number of carbonyl (C=O) groups excluding carboxylic acids is 3. The van der Waals surface area contributed by atoms with Crippen LogP contribution < -0.4 is 10.2 Å². The van der Waals surface area contributed by atoms with Crippen molar-refractivity contribution in [2.24, 2.45) is 0 Å². The molecule has 2 aromatic carbocycles. The van der Waals surface area contributed by atoms with E-state index in [4.69, 9.17) is 11.6 Å². The van der Waals surface area contributed by atoms with Gasteiger partial charge in [-0.15, -0.1) is 0 Å². The number of likely N-dealkylation sites (tertiary alicyclic amines) is 1. The molecule has 3 amide bonds. The number of piperidine rings is 1. The summed E-state index contributed by atoms with van der Waals surface area (Å²) >= 11 is 5.89. The lowest BCUT2D eigenvalue weighted by atomic mass is 9.85. The van der Waals surface area contributed by atoms with Gasteiger partial charge in [-0.3, -0.25) is 24.5 Å². The fourth-order valence-electron chi connectivity index (χ4n) is 4.91. The number of nitrogens with one attached hydrogen (secondary N) is 1. The van der Waals surface area contributed by atoms with E-state index in [-0.39, 0.29) is 66.3 Å². The number of para-hydroxylation sites is 1. The van der Waals surface area contributed by atoms with Gasteiger partial charge in [-0.1, -0.05) is 29.8 Å². The first kappa shape index (κ1) is 25.4. The Kier molecular flexibility index (Phi) is 7.16. The molecule has 0 aromatic heterocycles. The highest BCUT2D eigenvalue weighted by atomic mass is 35.5. The molecule has 2 heterocycles. The zero-order valence-electron chi connectivity index (χ0n) is 20.1. The molecule has 36 heavy (non-hydrogen) atoms. The first-order valence-corrected chi connectivity index (χ1v) is 12.1. The Bertz CT molecular complexity index is 1180. The number of carbonyl (C=O) groups is 3. The first-order valence-electron chi connectivity index (χ1n) is 11.8. The second-order valence-corrected chi connectivity index (χ2v) is 9.78. The molecule has 0 radical (unpaired) electrons. The minimum Gasteiger partial charge on any atom is -0.352 e. The number of rotatable bonds is 6. The Morgan fingerprint density at radius 3 is 2.42 bits per heavy atom. The summed E-state index contributed by atoms with van der Waals surface area (Å²) in [5.41, 5.74) is -0.174. The third-order valence-electron chi connectivity index (χ3n) is 6.63. The summed E-state index contributed by atoms with van der Waals surface area (Å²) in [5.74, 6) is -0.714. The van der Waals surface area contributed by atoms with Crippen LogP contribution in [0.25, 0.3) is 0 Å². The largest absolute Gasteiger partial charge is 0.352 e. The molecule has 1 spiro atoms. The van der Waals surface area contributed by atoms with Crippen molar-refractivity contribution in [3.63, 3.8) is 0 Å². The topological polar surface area (TPSA) is 116 Å². The number of amides is 3. The molecule has 0 saturated carbocycles. The van der Waals surface area contributed by atoms with Crippen LogP contribution in [0.15, 0.2) is 48.5 Å². The monoisotopic (exact) mass is 513 g/mol. The van der Waals surface area contributed by atoms with Gasteiger partial charge in [-0.25, -0.2) is 0 Å². The predicted molar refractivity (Wildman–Crippen MR) is 135 cm³/mol. The van der Waals surface area contributed by atoms with E-state index in [9.17, 15) is 24.5 Å². The summed E-state index contributed by atoms with van der Waals surface area (Å²) in [7, 11) is 0. The van der Waals surface area contributed by atoms with Crippen LogP contribution in [0.5, 0.6) is 0 Å². The standard InChI is InChI=1S/C25H28ClN5O5/c1-17(2)27-22(32)15-29-16-30(19-6-4-3-5-7-19)25(24(29)34)10-12-28(13-11-25)23(33)18-8-9-20(26)21(14-18)31(35)36/h3-9,14,17H,10-13,15-16H2,1-2H3,(H,27,32). The van der Waals surface area contributed by atoms with Crippen LogP contribution in [0.1, 0.15) is 37.0 Å². The van der Waals surface area contributed by atoms with Crippen molar-refractivity contribution in [2.45, 2.75) is 38.3 Å². The molecule has 0 aliphatic carbocycles. The van der Waals surface area contributed by atoms with Crippen molar-refractivity contribution in [3.05, 3.63) is 69.2 Å². The fraction of sp³-hybridized carbons (Fsp3) is 0.400. The van der Waals surface area contributed by atoms with Crippen LogP contribution in [0.4, 0.5) is 11.4 Å². The average Bonchev–Trinajstić information content (AvgIpc) is 3.10. The van der Waals surface area contributed by atoms with Gasteiger partial charge in [0, 0.05) is 36.4 Å². The molecule has 2 aliphatic heterocycles.